The zero-order valence-corrected chi connectivity index (χ0v) is 15.5. The predicted molar refractivity (Wildman–Crippen MR) is 102 cm³/mol. The van der Waals surface area contributed by atoms with E-state index >= 15 is 0 Å². The number of aryl methyl sites for hydroxylation is 1. The molecule has 0 unspecified atom stereocenters. The molecule has 0 aliphatic heterocycles. The van der Waals surface area contributed by atoms with E-state index in [1.165, 1.54) is 23.9 Å². The highest BCUT2D eigenvalue weighted by molar-refractivity contribution is 7.99. The number of amides is 1. The molecule has 1 heterocycles. The maximum absolute atomic E-state index is 12.0. The quantitative estimate of drug-likeness (QED) is 0.612. The first-order valence-electron chi connectivity index (χ1n) is 7.77. The monoisotopic (exact) mass is 389 g/mol. The highest BCUT2D eigenvalue weighted by atomic mass is 35.5. The van der Waals surface area contributed by atoms with Crippen molar-refractivity contribution in [2.75, 3.05) is 11.1 Å². The van der Waals surface area contributed by atoms with Crippen molar-refractivity contribution >= 4 is 35.0 Å². The molecule has 134 valence electrons. The molecule has 1 amide bonds. The zero-order valence-electron chi connectivity index (χ0n) is 13.9. The van der Waals surface area contributed by atoms with E-state index in [1.54, 1.807) is 6.07 Å². The SMILES string of the molecule is Cc1ccc(-c2nc(CSCC(=O)Nc3cc(Cl)ccc3O)no2)cc1. The van der Waals surface area contributed by atoms with Crippen LogP contribution in [0.1, 0.15) is 11.4 Å². The number of rotatable bonds is 6. The second-order valence-electron chi connectivity index (χ2n) is 5.58. The molecule has 2 N–H and O–H groups in total. The fourth-order valence-electron chi connectivity index (χ4n) is 2.16. The van der Waals surface area contributed by atoms with Crippen molar-refractivity contribution in [1.82, 2.24) is 10.1 Å². The molecule has 0 fully saturated rings. The molecule has 2 aromatic carbocycles. The molecule has 0 atom stereocenters. The molecule has 0 aliphatic rings. The molecule has 8 heteroatoms. The van der Waals surface area contributed by atoms with Gasteiger partial charge in [-0.2, -0.15) is 4.98 Å². The summed E-state index contributed by atoms with van der Waals surface area (Å²) >= 11 is 7.19. The lowest BCUT2D eigenvalue weighted by Crippen LogP contribution is -2.14. The van der Waals surface area contributed by atoms with Crippen LogP contribution in [0.3, 0.4) is 0 Å². The first kappa shape index (κ1) is 18.3. The van der Waals surface area contributed by atoms with Gasteiger partial charge in [-0.1, -0.05) is 34.5 Å². The van der Waals surface area contributed by atoms with Crippen LogP contribution in [0, 0.1) is 6.92 Å². The molecule has 0 spiro atoms. The number of halogens is 1. The third-order valence-corrected chi connectivity index (χ3v) is 4.63. The fourth-order valence-corrected chi connectivity index (χ4v) is 2.99. The lowest BCUT2D eigenvalue weighted by molar-refractivity contribution is -0.113. The number of aromatic hydroxyl groups is 1. The lowest BCUT2D eigenvalue weighted by atomic mass is 10.1. The minimum Gasteiger partial charge on any atom is -0.506 e. The van der Waals surface area contributed by atoms with Gasteiger partial charge in [0.15, 0.2) is 5.82 Å². The van der Waals surface area contributed by atoms with Crippen molar-refractivity contribution in [2.45, 2.75) is 12.7 Å². The van der Waals surface area contributed by atoms with Crippen molar-refractivity contribution in [3.63, 3.8) is 0 Å². The van der Waals surface area contributed by atoms with Crippen molar-refractivity contribution in [2.24, 2.45) is 0 Å². The van der Waals surface area contributed by atoms with Crippen molar-refractivity contribution in [3.05, 3.63) is 58.9 Å². The van der Waals surface area contributed by atoms with Crippen LogP contribution in [-0.2, 0) is 10.5 Å². The average Bonchev–Trinajstić information content (AvgIpc) is 3.08. The number of hydrogen-bond donors (Lipinski definition) is 2. The number of benzene rings is 2. The number of carbonyl (C=O) groups is 1. The molecule has 0 radical (unpaired) electrons. The maximum Gasteiger partial charge on any atom is 0.257 e. The van der Waals surface area contributed by atoms with Crippen LogP contribution in [0.5, 0.6) is 5.75 Å². The summed E-state index contributed by atoms with van der Waals surface area (Å²) in [4.78, 5) is 16.3. The van der Waals surface area contributed by atoms with E-state index in [-0.39, 0.29) is 23.1 Å². The van der Waals surface area contributed by atoms with Gasteiger partial charge in [0.05, 0.1) is 17.2 Å². The number of phenols is 1. The molecule has 0 saturated heterocycles. The van der Waals surface area contributed by atoms with Crippen LogP contribution < -0.4 is 5.32 Å². The molecule has 0 saturated carbocycles. The Hall–Kier alpha value is -2.51. The number of carbonyl (C=O) groups excluding carboxylic acids is 1. The number of hydrogen-bond acceptors (Lipinski definition) is 6. The van der Waals surface area contributed by atoms with Crippen LogP contribution in [0.2, 0.25) is 5.02 Å². The number of anilines is 1. The highest BCUT2D eigenvalue weighted by Crippen LogP contribution is 2.26. The van der Waals surface area contributed by atoms with Gasteiger partial charge in [0, 0.05) is 10.6 Å². The molecule has 3 aromatic rings. The Morgan fingerprint density at radius 3 is 2.81 bits per heavy atom. The first-order chi connectivity index (χ1) is 12.5. The van der Waals surface area contributed by atoms with E-state index in [1.807, 2.05) is 31.2 Å². The number of nitrogens with zero attached hydrogens (tertiary/aromatic N) is 2. The van der Waals surface area contributed by atoms with Gasteiger partial charge >= 0.3 is 0 Å². The largest absolute Gasteiger partial charge is 0.506 e. The molecule has 0 aliphatic carbocycles. The molecule has 0 bridgehead atoms. The van der Waals surface area contributed by atoms with Crippen LogP contribution in [-0.4, -0.2) is 26.9 Å². The number of thioether (sulfide) groups is 1. The number of nitrogens with one attached hydrogen (secondary N) is 1. The maximum atomic E-state index is 12.0. The van der Waals surface area contributed by atoms with E-state index in [0.29, 0.717) is 22.5 Å². The molecule has 6 nitrogen and oxygen atoms in total. The van der Waals surface area contributed by atoms with Crippen molar-refractivity contribution < 1.29 is 14.4 Å². The van der Waals surface area contributed by atoms with E-state index in [4.69, 9.17) is 16.1 Å². The minimum atomic E-state index is -0.255. The van der Waals surface area contributed by atoms with E-state index in [2.05, 4.69) is 15.5 Å². The smallest absolute Gasteiger partial charge is 0.257 e. The van der Waals surface area contributed by atoms with Crippen molar-refractivity contribution in [1.29, 1.82) is 0 Å². The molecule has 26 heavy (non-hydrogen) atoms. The second-order valence-corrected chi connectivity index (χ2v) is 7.01. The average molecular weight is 390 g/mol. The van der Waals surface area contributed by atoms with Gasteiger partial charge in [-0.3, -0.25) is 4.79 Å². The van der Waals surface area contributed by atoms with Crippen molar-refractivity contribution in [3.8, 4) is 17.2 Å². The van der Waals surface area contributed by atoms with Crippen LogP contribution in [0.25, 0.3) is 11.5 Å². The van der Waals surface area contributed by atoms with Gasteiger partial charge in [0.25, 0.3) is 5.89 Å². The summed E-state index contributed by atoms with van der Waals surface area (Å²) < 4.78 is 5.25. The minimum absolute atomic E-state index is 0.0337. The molecular formula is C18H16ClN3O3S. The second kappa shape index (κ2) is 8.25. The third-order valence-electron chi connectivity index (χ3n) is 3.46. The molecular weight excluding hydrogens is 374 g/mol. The Labute approximate surface area is 159 Å². The summed E-state index contributed by atoms with van der Waals surface area (Å²) in [5, 5.41) is 16.7. The fraction of sp³-hybridized carbons (Fsp3) is 0.167. The van der Waals surface area contributed by atoms with Crippen LogP contribution >= 0.6 is 23.4 Å². The van der Waals surface area contributed by atoms with Crippen LogP contribution in [0.4, 0.5) is 5.69 Å². The van der Waals surface area contributed by atoms with Gasteiger partial charge in [-0.25, -0.2) is 0 Å². The molecule has 3 rings (SSSR count). The Morgan fingerprint density at radius 1 is 1.27 bits per heavy atom. The summed E-state index contributed by atoms with van der Waals surface area (Å²) in [7, 11) is 0. The van der Waals surface area contributed by atoms with E-state index in [9.17, 15) is 9.90 Å². The summed E-state index contributed by atoms with van der Waals surface area (Å²) in [6.07, 6.45) is 0. The van der Waals surface area contributed by atoms with Gasteiger partial charge in [-0.15, -0.1) is 11.8 Å². The van der Waals surface area contributed by atoms with Gasteiger partial charge in [-0.05, 0) is 37.3 Å². The first-order valence-corrected chi connectivity index (χ1v) is 9.30. The standard InChI is InChI=1S/C18H16ClN3O3S/c1-11-2-4-12(5-3-11)18-21-16(22-25-18)9-26-10-17(24)20-14-8-13(19)6-7-15(14)23/h2-8,23H,9-10H2,1H3,(H,20,24). The van der Waals surface area contributed by atoms with Gasteiger partial charge in [0.2, 0.25) is 5.91 Å². The van der Waals surface area contributed by atoms with E-state index < -0.39 is 0 Å². The third kappa shape index (κ3) is 4.77. The lowest BCUT2D eigenvalue weighted by Gasteiger charge is -2.07. The Bertz CT molecular complexity index is 912. The summed E-state index contributed by atoms with van der Waals surface area (Å²) in [5.41, 5.74) is 2.29. The Balaban J connectivity index is 1.51. The highest BCUT2D eigenvalue weighted by Gasteiger charge is 2.11. The number of aromatic nitrogens is 2. The van der Waals surface area contributed by atoms with Crippen LogP contribution in [0.15, 0.2) is 47.0 Å². The molecule has 1 aromatic heterocycles. The summed E-state index contributed by atoms with van der Waals surface area (Å²) in [5.74, 6) is 1.30. The summed E-state index contributed by atoms with van der Waals surface area (Å²) in [6, 6.07) is 12.3. The Kier molecular flexibility index (Phi) is 5.80. The zero-order chi connectivity index (χ0) is 18.5. The summed E-state index contributed by atoms with van der Waals surface area (Å²) in [6.45, 7) is 2.01. The Morgan fingerprint density at radius 2 is 2.04 bits per heavy atom. The van der Waals surface area contributed by atoms with Gasteiger partial charge < -0.3 is 14.9 Å². The topological polar surface area (TPSA) is 88.2 Å². The van der Waals surface area contributed by atoms with E-state index in [0.717, 1.165) is 11.1 Å². The normalized spacial score (nSPS) is 10.7. The number of phenolic OH excluding ortho intramolecular Hbond substituents is 1. The predicted octanol–water partition coefficient (Wildman–Crippen LogP) is 4.28. The van der Waals surface area contributed by atoms with Gasteiger partial charge in [0.1, 0.15) is 5.75 Å².